The number of likely N-dealkylation sites (N-methyl/N-ethyl adjacent to an activating group) is 1. The molecule has 2 aromatic carbocycles. The number of halogens is 3. The van der Waals surface area contributed by atoms with Crippen LogP contribution < -0.4 is 9.62 Å². The molecule has 4 rings (SSSR count). The highest BCUT2D eigenvalue weighted by atomic mass is 32.2. The Morgan fingerprint density at radius 2 is 1.85 bits per heavy atom. The molecule has 1 fully saturated rings. The van der Waals surface area contributed by atoms with Crippen LogP contribution in [0.1, 0.15) is 5.56 Å². The molecule has 1 N–H and O–H groups in total. The molecule has 8 nitrogen and oxygen atoms in total. The summed E-state index contributed by atoms with van der Waals surface area (Å²) < 4.78 is 55.9. The van der Waals surface area contributed by atoms with Crippen LogP contribution in [0, 0.1) is 10.1 Å². The molecule has 2 heterocycles. The molecule has 0 saturated carbocycles. The number of hydrogen-bond donors (Lipinski definition) is 1. The summed E-state index contributed by atoms with van der Waals surface area (Å²) in [7, 11) is -0.0244. The first-order valence-corrected chi connectivity index (χ1v) is 11.1. The first kappa shape index (κ1) is 22.9. The van der Waals surface area contributed by atoms with Crippen molar-refractivity contribution < 1.29 is 22.3 Å². The fourth-order valence-corrected chi connectivity index (χ4v) is 4.49. The SMILES string of the molecule is CN1CCN(c2cnc3cc(C(F)(F)F)cc(NS(=O)c4cccc([N+](=O)[O-])c4)c3c2)CC1. The van der Waals surface area contributed by atoms with Gasteiger partial charge in [-0.2, -0.15) is 13.2 Å². The van der Waals surface area contributed by atoms with Gasteiger partial charge in [-0.25, -0.2) is 4.21 Å². The summed E-state index contributed by atoms with van der Waals surface area (Å²) in [6.45, 7) is 3.17. The number of nitrogens with one attached hydrogen (secondary N) is 1. The van der Waals surface area contributed by atoms with Gasteiger partial charge in [-0.05, 0) is 31.3 Å². The molecule has 1 aliphatic heterocycles. The van der Waals surface area contributed by atoms with Gasteiger partial charge in [-0.1, -0.05) is 6.07 Å². The maximum absolute atomic E-state index is 13.5. The van der Waals surface area contributed by atoms with Crippen molar-refractivity contribution in [1.29, 1.82) is 0 Å². The highest BCUT2D eigenvalue weighted by Gasteiger charge is 2.32. The predicted octanol–water partition coefficient (Wildman–Crippen LogP) is 4.05. The first-order valence-electron chi connectivity index (χ1n) is 9.99. The van der Waals surface area contributed by atoms with E-state index in [1.54, 1.807) is 6.07 Å². The fourth-order valence-electron chi connectivity index (χ4n) is 3.57. The van der Waals surface area contributed by atoms with E-state index in [1.165, 1.54) is 24.4 Å². The molecular weight excluding hydrogens is 459 g/mol. The Labute approximate surface area is 189 Å². The van der Waals surface area contributed by atoms with Gasteiger partial charge in [0, 0.05) is 43.7 Å². The van der Waals surface area contributed by atoms with Crippen LogP contribution in [0.25, 0.3) is 10.9 Å². The Morgan fingerprint density at radius 3 is 2.52 bits per heavy atom. The lowest BCUT2D eigenvalue weighted by molar-refractivity contribution is -0.385. The van der Waals surface area contributed by atoms with E-state index >= 15 is 0 Å². The largest absolute Gasteiger partial charge is 0.416 e. The van der Waals surface area contributed by atoms with Crippen molar-refractivity contribution in [2.75, 3.05) is 42.8 Å². The molecule has 3 aromatic rings. The first-order chi connectivity index (χ1) is 15.6. The van der Waals surface area contributed by atoms with Gasteiger partial charge in [0.15, 0.2) is 11.0 Å². The van der Waals surface area contributed by atoms with E-state index in [0.717, 1.165) is 50.1 Å². The molecule has 0 aliphatic carbocycles. The monoisotopic (exact) mass is 479 g/mol. The number of fused-ring (bicyclic) bond motifs is 1. The van der Waals surface area contributed by atoms with Gasteiger partial charge in [0.25, 0.3) is 5.69 Å². The van der Waals surface area contributed by atoms with Crippen LogP contribution in [0.15, 0.2) is 53.6 Å². The van der Waals surface area contributed by atoms with Crippen molar-refractivity contribution in [2.24, 2.45) is 0 Å². The summed E-state index contributed by atoms with van der Waals surface area (Å²) in [4.78, 5) is 19.0. The summed E-state index contributed by atoms with van der Waals surface area (Å²) in [5.41, 5.74) is -0.377. The van der Waals surface area contributed by atoms with Crippen molar-refractivity contribution >= 4 is 39.0 Å². The number of rotatable bonds is 5. The van der Waals surface area contributed by atoms with Crippen LogP contribution in [0.3, 0.4) is 0 Å². The predicted molar refractivity (Wildman–Crippen MR) is 120 cm³/mol. The zero-order chi connectivity index (χ0) is 23.8. The zero-order valence-electron chi connectivity index (χ0n) is 17.5. The Balaban J connectivity index is 1.75. The minimum absolute atomic E-state index is 0.0202. The van der Waals surface area contributed by atoms with Gasteiger partial charge in [-0.15, -0.1) is 0 Å². The molecule has 0 bridgehead atoms. The normalized spacial score (nSPS) is 16.1. The van der Waals surface area contributed by atoms with Crippen molar-refractivity contribution in [1.82, 2.24) is 9.88 Å². The van der Waals surface area contributed by atoms with Crippen molar-refractivity contribution in [2.45, 2.75) is 11.1 Å². The molecule has 0 amide bonds. The van der Waals surface area contributed by atoms with Gasteiger partial charge < -0.3 is 14.5 Å². The molecule has 1 atom stereocenters. The number of alkyl halides is 3. The average molecular weight is 479 g/mol. The van der Waals surface area contributed by atoms with Crippen LogP contribution in [-0.4, -0.2) is 52.2 Å². The van der Waals surface area contributed by atoms with Gasteiger partial charge in [-0.3, -0.25) is 15.1 Å². The topological polar surface area (TPSA) is 91.6 Å². The molecule has 0 spiro atoms. The standard InChI is InChI=1S/C21H20F3N5O3S/c1-27-5-7-28(8-6-27)16-12-18-19(25-13-16)9-14(21(22,23)24)10-20(18)26-33(32)17-4-2-3-15(11-17)29(30)31/h2-4,9-13,26H,5-8H2,1H3. The summed E-state index contributed by atoms with van der Waals surface area (Å²) >= 11 is 0. The second-order valence-corrected chi connectivity index (χ2v) is 8.91. The van der Waals surface area contributed by atoms with E-state index in [2.05, 4.69) is 19.5 Å². The van der Waals surface area contributed by atoms with E-state index in [4.69, 9.17) is 0 Å². The van der Waals surface area contributed by atoms with E-state index in [0.29, 0.717) is 5.39 Å². The zero-order valence-corrected chi connectivity index (χ0v) is 18.3. The van der Waals surface area contributed by atoms with Gasteiger partial charge in [0.05, 0.1) is 38.5 Å². The van der Waals surface area contributed by atoms with E-state index in [9.17, 15) is 27.5 Å². The number of piperazine rings is 1. The smallest absolute Gasteiger partial charge is 0.368 e. The average Bonchev–Trinajstić information content (AvgIpc) is 2.78. The number of anilines is 2. The number of nitrogens with zero attached hydrogens (tertiary/aromatic N) is 4. The quantitative estimate of drug-likeness (QED) is 0.439. The second-order valence-electron chi connectivity index (χ2n) is 7.70. The minimum Gasteiger partial charge on any atom is -0.368 e. The minimum atomic E-state index is -4.63. The van der Waals surface area contributed by atoms with Crippen molar-refractivity contribution in [3.63, 3.8) is 0 Å². The maximum Gasteiger partial charge on any atom is 0.416 e. The Morgan fingerprint density at radius 1 is 1.12 bits per heavy atom. The number of nitro groups is 1. The lowest BCUT2D eigenvalue weighted by atomic mass is 10.1. The number of pyridine rings is 1. The highest BCUT2D eigenvalue weighted by molar-refractivity contribution is 7.86. The van der Waals surface area contributed by atoms with Crippen LogP contribution >= 0.6 is 0 Å². The van der Waals surface area contributed by atoms with Gasteiger partial charge >= 0.3 is 6.18 Å². The van der Waals surface area contributed by atoms with Gasteiger partial charge in [0.1, 0.15) is 0 Å². The fraction of sp³-hybridized carbons (Fsp3) is 0.286. The van der Waals surface area contributed by atoms with Crippen LogP contribution in [0.2, 0.25) is 0 Å². The molecule has 1 aliphatic rings. The van der Waals surface area contributed by atoms with Gasteiger partial charge in [0.2, 0.25) is 0 Å². The van der Waals surface area contributed by atoms with E-state index < -0.39 is 27.6 Å². The number of aromatic nitrogens is 1. The Hall–Kier alpha value is -3.25. The van der Waals surface area contributed by atoms with Crippen LogP contribution in [0.5, 0.6) is 0 Å². The summed E-state index contributed by atoms with van der Waals surface area (Å²) in [6, 6.07) is 8.68. The number of benzene rings is 2. The summed E-state index contributed by atoms with van der Waals surface area (Å²) in [6.07, 6.45) is -3.09. The lowest BCUT2D eigenvalue weighted by Gasteiger charge is -2.34. The van der Waals surface area contributed by atoms with E-state index in [1.807, 2.05) is 7.05 Å². The van der Waals surface area contributed by atoms with E-state index in [-0.39, 0.29) is 21.8 Å². The molecule has 174 valence electrons. The molecule has 1 saturated heterocycles. The molecule has 12 heteroatoms. The number of non-ortho nitro benzene ring substituents is 1. The Bertz CT molecular complexity index is 1230. The summed E-state index contributed by atoms with van der Waals surface area (Å²) in [5, 5.41) is 11.4. The molecule has 1 aromatic heterocycles. The number of hydrogen-bond acceptors (Lipinski definition) is 6. The molecule has 0 radical (unpaired) electrons. The number of nitro benzene ring substituents is 1. The third kappa shape index (κ3) is 5.06. The third-order valence-corrected chi connectivity index (χ3v) is 6.51. The second kappa shape index (κ2) is 8.94. The summed E-state index contributed by atoms with van der Waals surface area (Å²) in [5.74, 6) is 0. The maximum atomic E-state index is 13.5. The van der Waals surface area contributed by atoms with Crippen molar-refractivity contribution in [3.05, 3.63) is 64.3 Å². The third-order valence-electron chi connectivity index (χ3n) is 5.43. The van der Waals surface area contributed by atoms with Crippen LogP contribution in [0.4, 0.5) is 30.2 Å². The van der Waals surface area contributed by atoms with Crippen molar-refractivity contribution in [3.8, 4) is 0 Å². The molecular formula is C21H20F3N5O3S. The van der Waals surface area contributed by atoms with Crippen LogP contribution in [-0.2, 0) is 17.2 Å². The highest BCUT2D eigenvalue weighted by Crippen LogP contribution is 2.36. The molecule has 33 heavy (non-hydrogen) atoms. The Kier molecular flexibility index (Phi) is 6.21. The lowest BCUT2D eigenvalue weighted by Crippen LogP contribution is -2.44. The molecule has 1 unspecified atom stereocenters.